The zero-order valence-corrected chi connectivity index (χ0v) is 15.2. The summed E-state index contributed by atoms with van der Waals surface area (Å²) in [5, 5.41) is 2.84. The summed E-state index contributed by atoms with van der Waals surface area (Å²) in [4.78, 5) is 25.3. The van der Waals surface area contributed by atoms with Gasteiger partial charge in [-0.1, -0.05) is 24.3 Å². The summed E-state index contributed by atoms with van der Waals surface area (Å²) in [5.41, 5.74) is 2.60. The Labute approximate surface area is 158 Å². The van der Waals surface area contributed by atoms with Crippen molar-refractivity contribution < 1.29 is 19.1 Å². The lowest BCUT2D eigenvalue weighted by molar-refractivity contribution is -0.116. The minimum absolute atomic E-state index is 0.185. The van der Waals surface area contributed by atoms with Crippen molar-refractivity contribution in [2.75, 3.05) is 24.7 Å². The van der Waals surface area contributed by atoms with Gasteiger partial charge in [-0.05, 0) is 48.4 Å². The lowest BCUT2D eigenvalue weighted by Gasteiger charge is -2.13. The molecule has 0 bridgehead atoms. The van der Waals surface area contributed by atoms with Crippen LogP contribution in [0.1, 0.15) is 18.1 Å². The van der Waals surface area contributed by atoms with Crippen LogP contribution in [0.4, 0.5) is 10.5 Å². The van der Waals surface area contributed by atoms with Crippen LogP contribution in [0.25, 0.3) is 6.08 Å². The molecule has 1 aliphatic rings. The average molecular weight is 366 g/mol. The molecule has 1 saturated heterocycles. The molecule has 6 heteroatoms. The Hall–Kier alpha value is -3.28. The first-order chi connectivity index (χ1) is 13.2. The van der Waals surface area contributed by atoms with E-state index in [9.17, 15) is 9.59 Å². The van der Waals surface area contributed by atoms with E-state index in [1.54, 1.807) is 11.0 Å². The van der Waals surface area contributed by atoms with Crippen molar-refractivity contribution in [2.45, 2.75) is 13.5 Å². The van der Waals surface area contributed by atoms with Gasteiger partial charge in [-0.3, -0.25) is 9.69 Å². The second-order valence-electron chi connectivity index (χ2n) is 5.99. The number of nitrogens with one attached hydrogen (secondary N) is 1. The van der Waals surface area contributed by atoms with Crippen molar-refractivity contribution in [2.24, 2.45) is 0 Å². The fourth-order valence-electron chi connectivity index (χ4n) is 2.72. The second-order valence-corrected chi connectivity index (χ2v) is 5.99. The third-order valence-corrected chi connectivity index (χ3v) is 4.07. The Kier molecular flexibility index (Phi) is 6.10. The first kappa shape index (κ1) is 18.5. The predicted molar refractivity (Wildman–Crippen MR) is 104 cm³/mol. The number of carbonyl (C=O) groups excluding carboxylic acids is 2. The number of amides is 2. The maximum absolute atomic E-state index is 12.0. The number of anilines is 1. The number of ether oxygens (including phenoxy) is 2. The van der Waals surface area contributed by atoms with Crippen LogP contribution in [0.5, 0.6) is 5.75 Å². The van der Waals surface area contributed by atoms with Crippen molar-refractivity contribution in [3.63, 3.8) is 0 Å². The van der Waals surface area contributed by atoms with E-state index >= 15 is 0 Å². The predicted octanol–water partition coefficient (Wildman–Crippen LogP) is 3.37. The zero-order valence-electron chi connectivity index (χ0n) is 15.2. The van der Waals surface area contributed by atoms with Crippen LogP contribution in [0, 0.1) is 0 Å². The van der Waals surface area contributed by atoms with Crippen molar-refractivity contribution in [1.82, 2.24) is 5.32 Å². The number of carbonyl (C=O) groups is 2. The molecule has 0 spiro atoms. The smallest absolute Gasteiger partial charge is 0.414 e. The number of rotatable bonds is 7. The highest BCUT2D eigenvalue weighted by atomic mass is 16.6. The fourth-order valence-corrected chi connectivity index (χ4v) is 2.72. The normalized spacial score (nSPS) is 13.7. The number of hydrogen-bond acceptors (Lipinski definition) is 4. The van der Waals surface area contributed by atoms with E-state index in [1.807, 2.05) is 55.5 Å². The van der Waals surface area contributed by atoms with Crippen molar-refractivity contribution >= 4 is 23.8 Å². The van der Waals surface area contributed by atoms with Gasteiger partial charge >= 0.3 is 6.09 Å². The molecule has 1 N–H and O–H groups in total. The quantitative estimate of drug-likeness (QED) is 0.763. The molecule has 2 aromatic carbocycles. The highest BCUT2D eigenvalue weighted by molar-refractivity contribution is 5.92. The van der Waals surface area contributed by atoms with E-state index in [0.29, 0.717) is 26.3 Å². The Balaban J connectivity index is 1.53. The van der Waals surface area contributed by atoms with Gasteiger partial charge in [0.2, 0.25) is 5.91 Å². The van der Waals surface area contributed by atoms with Gasteiger partial charge in [0.25, 0.3) is 0 Å². The van der Waals surface area contributed by atoms with Crippen LogP contribution in [0.2, 0.25) is 0 Å². The van der Waals surface area contributed by atoms with Crippen LogP contribution in [-0.4, -0.2) is 31.8 Å². The molecule has 1 aliphatic heterocycles. The maximum Gasteiger partial charge on any atom is 0.414 e. The Bertz CT molecular complexity index is 830. The molecule has 2 amide bonds. The van der Waals surface area contributed by atoms with Gasteiger partial charge in [0.05, 0.1) is 13.2 Å². The molecule has 6 nitrogen and oxygen atoms in total. The minimum atomic E-state index is -0.338. The highest BCUT2D eigenvalue weighted by Gasteiger charge is 2.23. The monoisotopic (exact) mass is 366 g/mol. The van der Waals surface area contributed by atoms with Gasteiger partial charge in [0.15, 0.2) is 0 Å². The molecule has 0 saturated carbocycles. The van der Waals surface area contributed by atoms with Crippen LogP contribution in [0.15, 0.2) is 54.6 Å². The Morgan fingerprint density at radius 1 is 1.26 bits per heavy atom. The van der Waals surface area contributed by atoms with Gasteiger partial charge in [-0.2, -0.15) is 0 Å². The zero-order chi connectivity index (χ0) is 19.1. The van der Waals surface area contributed by atoms with E-state index in [1.165, 1.54) is 6.08 Å². The third kappa shape index (κ3) is 5.10. The summed E-state index contributed by atoms with van der Waals surface area (Å²) in [7, 11) is 0. The molecule has 0 unspecified atom stereocenters. The lowest BCUT2D eigenvalue weighted by atomic mass is 10.2. The molecule has 0 atom stereocenters. The Morgan fingerprint density at radius 2 is 2.07 bits per heavy atom. The summed E-state index contributed by atoms with van der Waals surface area (Å²) in [5.74, 6) is 0.621. The molecule has 140 valence electrons. The molecule has 0 aliphatic carbocycles. The number of cyclic esters (lactones) is 1. The van der Waals surface area contributed by atoms with Gasteiger partial charge in [0, 0.05) is 18.3 Å². The van der Waals surface area contributed by atoms with Crippen LogP contribution in [0.3, 0.4) is 0 Å². The van der Waals surface area contributed by atoms with Crippen molar-refractivity contribution in [1.29, 1.82) is 0 Å². The lowest BCUT2D eigenvalue weighted by Crippen LogP contribution is -2.24. The van der Waals surface area contributed by atoms with Gasteiger partial charge in [-0.25, -0.2) is 4.79 Å². The summed E-state index contributed by atoms with van der Waals surface area (Å²) >= 11 is 0. The molecule has 1 heterocycles. The molecule has 3 rings (SSSR count). The fraction of sp³-hybridized carbons (Fsp3) is 0.238. The number of benzene rings is 2. The first-order valence-corrected chi connectivity index (χ1v) is 8.87. The standard InChI is InChI=1S/C21H22N2O4/c1-2-26-19-9-6-16(7-10-19)8-11-20(24)22-15-17-4-3-5-18(14-17)23-12-13-27-21(23)25/h3-11,14H,2,12-13,15H2,1H3,(H,22,24). The molecule has 0 radical (unpaired) electrons. The number of nitrogens with zero attached hydrogens (tertiary/aromatic N) is 1. The Morgan fingerprint density at radius 3 is 2.78 bits per heavy atom. The molecular formula is C21H22N2O4. The topological polar surface area (TPSA) is 67.9 Å². The van der Waals surface area contributed by atoms with Crippen molar-refractivity contribution in [3.05, 3.63) is 65.7 Å². The molecular weight excluding hydrogens is 344 g/mol. The summed E-state index contributed by atoms with van der Waals surface area (Å²) < 4.78 is 10.3. The van der Waals surface area contributed by atoms with E-state index in [0.717, 1.165) is 22.6 Å². The maximum atomic E-state index is 12.0. The van der Waals surface area contributed by atoms with Crippen LogP contribution < -0.4 is 15.0 Å². The van der Waals surface area contributed by atoms with Gasteiger partial charge < -0.3 is 14.8 Å². The van der Waals surface area contributed by atoms with Crippen LogP contribution in [-0.2, 0) is 16.1 Å². The SMILES string of the molecule is CCOc1ccc(C=CC(=O)NCc2cccc(N3CCOC3=O)c2)cc1. The summed E-state index contributed by atoms with van der Waals surface area (Å²) in [6, 6.07) is 15.0. The number of hydrogen-bond donors (Lipinski definition) is 1. The van der Waals surface area contributed by atoms with E-state index in [4.69, 9.17) is 9.47 Å². The van der Waals surface area contributed by atoms with E-state index in [-0.39, 0.29) is 12.0 Å². The van der Waals surface area contributed by atoms with Gasteiger partial charge in [-0.15, -0.1) is 0 Å². The molecule has 1 fully saturated rings. The van der Waals surface area contributed by atoms with E-state index < -0.39 is 0 Å². The second kappa shape index (κ2) is 8.89. The average Bonchev–Trinajstić information content (AvgIpc) is 3.12. The largest absolute Gasteiger partial charge is 0.494 e. The van der Waals surface area contributed by atoms with Gasteiger partial charge in [0.1, 0.15) is 12.4 Å². The molecule has 2 aromatic rings. The third-order valence-electron chi connectivity index (χ3n) is 4.07. The highest BCUT2D eigenvalue weighted by Crippen LogP contribution is 2.20. The molecule has 27 heavy (non-hydrogen) atoms. The van der Waals surface area contributed by atoms with E-state index in [2.05, 4.69) is 5.32 Å². The first-order valence-electron chi connectivity index (χ1n) is 8.87. The van der Waals surface area contributed by atoms with Crippen molar-refractivity contribution in [3.8, 4) is 5.75 Å². The van der Waals surface area contributed by atoms with Crippen LogP contribution >= 0.6 is 0 Å². The summed E-state index contributed by atoms with van der Waals surface area (Å²) in [6.45, 7) is 3.88. The summed E-state index contributed by atoms with van der Waals surface area (Å²) in [6.07, 6.45) is 2.91. The minimum Gasteiger partial charge on any atom is -0.494 e. The molecule has 0 aromatic heterocycles.